The highest BCUT2D eigenvalue weighted by atomic mass is 19.1. The van der Waals surface area contributed by atoms with E-state index in [2.05, 4.69) is 46.9 Å². The van der Waals surface area contributed by atoms with Crippen molar-refractivity contribution in [2.24, 2.45) is 5.92 Å². The molecule has 2 aliphatic rings. The van der Waals surface area contributed by atoms with Crippen LogP contribution in [0.4, 0.5) is 10.1 Å². The van der Waals surface area contributed by atoms with Crippen LogP contribution in [0.2, 0.25) is 0 Å². The van der Waals surface area contributed by atoms with Gasteiger partial charge in [0.05, 0.1) is 12.0 Å². The van der Waals surface area contributed by atoms with Gasteiger partial charge in [0, 0.05) is 38.4 Å². The monoisotopic (exact) mass is 368 g/mol. The highest BCUT2D eigenvalue weighted by molar-refractivity contribution is 5.80. The third-order valence-corrected chi connectivity index (χ3v) is 5.49. The van der Waals surface area contributed by atoms with Crippen LogP contribution in [-0.2, 0) is 4.79 Å². The fraction of sp³-hybridized carbons (Fsp3) is 0.381. The molecule has 142 valence electrons. The summed E-state index contributed by atoms with van der Waals surface area (Å²) < 4.78 is 13.2. The number of hydrazine groups is 1. The van der Waals surface area contributed by atoms with E-state index >= 15 is 0 Å². The second-order valence-electron chi connectivity index (χ2n) is 7.31. The lowest BCUT2D eigenvalue weighted by atomic mass is 9.93. The smallest absolute Gasteiger partial charge is 0.229 e. The number of piperazine rings is 1. The molecule has 2 aromatic rings. The number of amides is 1. The SMILES string of the molecule is Cc1cccc(N2CCN(C(=O)C3CNNC3c3ccc(F)cc3)CC2)c1. The maximum Gasteiger partial charge on any atom is 0.229 e. The summed E-state index contributed by atoms with van der Waals surface area (Å²) in [7, 11) is 0. The molecule has 2 fully saturated rings. The van der Waals surface area contributed by atoms with Crippen molar-refractivity contribution in [3.05, 3.63) is 65.5 Å². The Morgan fingerprint density at radius 3 is 2.52 bits per heavy atom. The molecular weight excluding hydrogens is 343 g/mol. The molecular formula is C21H25FN4O. The number of carbonyl (C=O) groups excluding carboxylic acids is 1. The van der Waals surface area contributed by atoms with Crippen molar-refractivity contribution in [3.63, 3.8) is 0 Å². The van der Waals surface area contributed by atoms with E-state index in [1.165, 1.54) is 23.4 Å². The van der Waals surface area contributed by atoms with Crippen molar-refractivity contribution in [2.45, 2.75) is 13.0 Å². The predicted molar refractivity (Wildman–Crippen MR) is 104 cm³/mol. The lowest BCUT2D eigenvalue weighted by Gasteiger charge is -2.37. The van der Waals surface area contributed by atoms with Crippen LogP contribution in [0.3, 0.4) is 0 Å². The van der Waals surface area contributed by atoms with Crippen molar-refractivity contribution >= 4 is 11.6 Å². The van der Waals surface area contributed by atoms with E-state index in [0.717, 1.165) is 31.7 Å². The molecule has 2 aliphatic heterocycles. The standard InChI is InChI=1S/C21H25FN4O/c1-15-3-2-4-18(13-15)25-9-11-26(12-10-25)21(27)19-14-23-24-20(19)16-5-7-17(22)8-6-16/h2-8,13,19-20,23-24H,9-12,14H2,1H3. The van der Waals surface area contributed by atoms with Crippen molar-refractivity contribution in [3.8, 4) is 0 Å². The summed E-state index contributed by atoms with van der Waals surface area (Å²) in [4.78, 5) is 17.4. The van der Waals surface area contributed by atoms with Gasteiger partial charge in [0.25, 0.3) is 0 Å². The van der Waals surface area contributed by atoms with E-state index in [1.54, 1.807) is 12.1 Å². The number of benzene rings is 2. The first-order valence-electron chi connectivity index (χ1n) is 9.46. The van der Waals surface area contributed by atoms with Gasteiger partial charge in [-0.05, 0) is 42.3 Å². The zero-order chi connectivity index (χ0) is 18.8. The molecule has 4 rings (SSSR count). The molecule has 2 unspecified atom stereocenters. The molecule has 0 bridgehead atoms. The molecule has 2 heterocycles. The van der Waals surface area contributed by atoms with Gasteiger partial charge < -0.3 is 9.80 Å². The Morgan fingerprint density at radius 1 is 1.07 bits per heavy atom. The van der Waals surface area contributed by atoms with Crippen molar-refractivity contribution in [1.82, 2.24) is 15.8 Å². The number of rotatable bonds is 3. The predicted octanol–water partition coefficient (Wildman–Crippen LogP) is 2.25. The third kappa shape index (κ3) is 3.82. The fourth-order valence-corrected chi connectivity index (χ4v) is 3.96. The van der Waals surface area contributed by atoms with Crippen LogP contribution in [0.25, 0.3) is 0 Å². The average Bonchev–Trinajstić information content (AvgIpc) is 3.18. The summed E-state index contributed by atoms with van der Waals surface area (Å²) in [6.45, 7) is 5.80. The molecule has 0 radical (unpaired) electrons. The average molecular weight is 368 g/mol. The number of halogens is 1. The Labute approximate surface area is 159 Å². The molecule has 6 heteroatoms. The van der Waals surface area contributed by atoms with Crippen LogP contribution in [0.5, 0.6) is 0 Å². The molecule has 2 N–H and O–H groups in total. The molecule has 0 aliphatic carbocycles. The maximum atomic E-state index is 13.2. The molecule has 2 saturated heterocycles. The number of aryl methyl sites for hydroxylation is 1. The first kappa shape index (κ1) is 17.9. The summed E-state index contributed by atoms with van der Waals surface area (Å²) in [5.74, 6) is -0.286. The Balaban J connectivity index is 1.40. The summed E-state index contributed by atoms with van der Waals surface area (Å²) in [5.41, 5.74) is 9.66. The van der Waals surface area contributed by atoms with E-state index in [9.17, 15) is 9.18 Å². The minimum Gasteiger partial charge on any atom is -0.368 e. The first-order chi connectivity index (χ1) is 13.1. The third-order valence-electron chi connectivity index (χ3n) is 5.49. The van der Waals surface area contributed by atoms with Crippen LogP contribution in [0.15, 0.2) is 48.5 Å². The van der Waals surface area contributed by atoms with Gasteiger partial charge in [0.1, 0.15) is 5.82 Å². The second kappa shape index (κ2) is 7.66. The highest BCUT2D eigenvalue weighted by Crippen LogP contribution is 2.27. The number of hydrogen-bond acceptors (Lipinski definition) is 4. The van der Waals surface area contributed by atoms with Gasteiger partial charge in [-0.1, -0.05) is 24.3 Å². The molecule has 0 saturated carbocycles. The van der Waals surface area contributed by atoms with Crippen LogP contribution in [-0.4, -0.2) is 43.5 Å². The Hall–Kier alpha value is -2.44. The molecule has 2 aromatic carbocycles. The number of anilines is 1. The molecule has 1 amide bonds. The van der Waals surface area contributed by atoms with Gasteiger partial charge in [-0.15, -0.1) is 0 Å². The van der Waals surface area contributed by atoms with Gasteiger partial charge >= 0.3 is 0 Å². The summed E-state index contributed by atoms with van der Waals surface area (Å²) in [5, 5.41) is 0. The normalized spacial score (nSPS) is 22.9. The summed E-state index contributed by atoms with van der Waals surface area (Å²) in [6, 6.07) is 14.7. The number of hydrogen-bond donors (Lipinski definition) is 2. The molecule has 5 nitrogen and oxygen atoms in total. The van der Waals surface area contributed by atoms with Crippen molar-refractivity contribution in [2.75, 3.05) is 37.6 Å². The molecule has 27 heavy (non-hydrogen) atoms. The number of nitrogens with one attached hydrogen (secondary N) is 2. The minimum absolute atomic E-state index is 0.132. The maximum absolute atomic E-state index is 13.2. The van der Waals surface area contributed by atoms with Crippen molar-refractivity contribution < 1.29 is 9.18 Å². The van der Waals surface area contributed by atoms with Crippen LogP contribution < -0.4 is 15.8 Å². The van der Waals surface area contributed by atoms with Crippen LogP contribution >= 0.6 is 0 Å². The van der Waals surface area contributed by atoms with Crippen molar-refractivity contribution in [1.29, 1.82) is 0 Å². The minimum atomic E-state index is -0.264. The van der Waals surface area contributed by atoms with E-state index in [4.69, 9.17) is 0 Å². The molecule has 2 atom stereocenters. The zero-order valence-corrected chi connectivity index (χ0v) is 15.5. The van der Waals surface area contributed by atoms with Gasteiger partial charge in [0.2, 0.25) is 5.91 Å². The second-order valence-corrected chi connectivity index (χ2v) is 7.31. The first-order valence-corrected chi connectivity index (χ1v) is 9.46. The molecule has 0 spiro atoms. The topological polar surface area (TPSA) is 47.6 Å². The van der Waals surface area contributed by atoms with E-state index in [1.807, 2.05) is 4.90 Å². The van der Waals surface area contributed by atoms with Crippen LogP contribution in [0, 0.1) is 18.7 Å². The van der Waals surface area contributed by atoms with Gasteiger partial charge in [-0.3, -0.25) is 10.2 Å². The Bertz CT molecular complexity index is 802. The lowest BCUT2D eigenvalue weighted by molar-refractivity contribution is -0.135. The Kier molecular flexibility index (Phi) is 5.09. The van der Waals surface area contributed by atoms with E-state index in [-0.39, 0.29) is 23.7 Å². The van der Waals surface area contributed by atoms with Gasteiger partial charge in [-0.2, -0.15) is 0 Å². The summed E-state index contributed by atoms with van der Waals surface area (Å²) in [6.07, 6.45) is 0. The van der Waals surface area contributed by atoms with Gasteiger partial charge in [0.15, 0.2) is 0 Å². The van der Waals surface area contributed by atoms with E-state index < -0.39 is 0 Å². The van der Waals surface area contributed by atoms with E-state index in [0.29, 0.717) is 6.54 Å². The van der Waals surface area contributed by atoms with Gasteiger partial charge in [-0.25, -0.2) is 9.82 Å². The van der Waals surface area contributed by atoms with Crippen LogP contribution in [0.1, 0.15) is 17.2 Å². The number of nitrogens with zero attached hydrogens (tertiary/aromatic N) is 2. The largest absolute Gasteiger partial charge is 0.368 e. The quantitative estimate of drug-likeness (QED) is 0.873. The number of carbonyl (C=O) groups is 1. The lowest BCUT2D eigenvalue weighted by Crippen LogP contribution is -2.51. The fourth-order valence-electron chi connectivity index (χ4n) is 3.96. The summed E-state index contributed by atoms with van der Waals surface area (Å²) >= 11 is 0. The zero-order valence-electron chi connectivity index (χ0n) is 15.5. The molecule has 0 aromatic heterocycles. The highest BCUT2D eigenvalue weighted by Gasteiger charge is 2.37. The Morgan fingerprint density at radius 2 is 1.81 bits per heavy atom.